The third kappa shape index (κ3) is 3.84. The normalized spacial score (nSPS) is 14.3. The lowest BCUT2D eigenvalue weighted by Crippen LogP contribution is -2.50. The van der Waals surface area contributed by atoms with E-state index in [9.17, 15) is 19.7 Å². The molecule has 2 aromatic heterocycles. The first-order valence-electron chi connectivity index (χ1n) is 9.39. The van der Waals surface area contributed by atoms with Gasteiger partial charge in [0.2, 0.25) is 5.91 Å². The van der Waals surface area contributed by atoms with Crippen LogP contribution in [0.1, 0.15) is 23.0 Å². The summed E-state index contributed by atoms with van der Waals surface area (Å²) in [6.07, 6.45) is 0. The molecule has 1 aromatic carbocycles. The summed E-state index contributed by atoms with van der Waals surface area (Å²) in [5.74, 6) is -0.0838. The Morgan fingerprint density at radius 3 is 2.53 bits per heavy atom. The first-order chi connectivity index (χ1) is 14.3. The van der Waals surface area contributed by atoms with Gasteiger partial charge in [-0.15, -0.1) is 11.3 Å². The van der Waals surface area contributed by atoms with Crippen molar-refractivity contribution < 1.29 is 14.5 Å². The third-order valence-corrected chi connectivity index (χ3v) is 7.10. The Labute approximate surface area is 185 Å². The molecule has 4 rings (SSSR count). The Morgan fingerprint density at radius 2 is 1.87 bits per heavy atom. The van der Waals surface area contributed by atoms with Gasteiger partial charge in [0.15, 0.2) is 0 Å². The summed E-state index contributed by atoms with van der Waals surface area (Å²) >= 11 is 5.10. The predicted octanol–water partition coefficient (Wildman–Crippen LogP) is 3.73. The molecule has 1 aliphatic rings. The number of carbonyl (C=O) groups excluding carboxylic acids is 2. The first kappa shape index (κ1) is 20.5. The van der Waals surface area contributed by atoms with E-state index in [2.05, 4.69) is 15.9 Å². The van der Waals surface area contributed by atoms with E-state index in [1.54, 1.807) is 15.9 Å². The van der Waals surface area contributed by atoms with E-state index in [-0.39, 0.29) is 17.5 Å². The molecule has 3 heterocycles. The molecule has 1 aliphatic heterocycles. The summed E-state index contributed by atoms with van der Waals surface area (Å²) < 4.78 is 3.76. The second kappa shape index (κ2) is 8.19. The van der Waals surface area contributed by atoms with Crippen LogP contribution in [0.4, 0.5) is 5.69 Å². The van der Waals surface area contributed by atoms with Crippen LogP contribution in [-0.2, 0) is 11.3 Å². The average Bonchev–Trinajstić information content (AvgIpc) is 3.28. The Bertz CT molecular complexity index is 1150. The van der Waals surface area contributed by atoms with Gasteiger partial charge in [-0.3, -0.25) is 19.7 Å². The lowest BCUT2D eigenvalue weighted by atomic mass is 10.2. The quantitative estimate of drug-likeness (QED) is 0.411. The zero-order chi connectivity index (χ0) is 21.4. The maximum Gasteiger partial charge on any atom is 0.270 e. The van der Waals surface area contributed by atoms with Gasteiger partial charge in [0.1, 0.15) is 5.69 Å². The molecule has 3 aromatic rings. The van der Waals surface area contributed by atoms with E-state index in [0.717, 1.165) is 20.3 Å². The predicted molar refractivity (Wildman–Crippen MR) is 118 cm³/mol. The molecule has 8 nitrogen and oxygen atoms in total. The van der Waals surface area contributed by atoms with E-state index in [0.29, 0.717) is 38.4 Å². The number of fused-ring (bicyclic) bond motifs is 1. The number of amides is 2. The molecule has 0 N–H and O–H groups in total. The van der Waals surface area contributed by atoms with E-state index in [4.69, 9.17) is 0 Å². The van der Waals surface area contributed by atoms with Crippen LogP contribution in [-0.4, -0.2) is 57.3 Å². The number of non-ortho nitro benzene ring substituents is 1. The number of nitrogens with zero attached hydrogens (tertiary/aromatic N) is 4. The number of halogens is 1. The van der Waals surface area contributed by atoms with E-state index in [1.807, 2.05) is 22.1 Å². The molecule has 0 saturated carbocycles. The number of benzene rings is 1. The van der Waals surface area contributed by atoms with Crippen LogP contribution in [0, 0.1) is 10.1 Å². The molecule has 156 valence electrons. The van der Waals surface area contributed by atoms with Gasteiger partial charge in [0.05, 0.1) is 19.6 Å². The van der Waals surface area contributed by atoms with Crippen molar-refractivity contribution in [2.24, 2.45) is 0 Å². The molecule has 0 bridgehead atoms. The highest BCUT2D eigenvalue weighted by atomic mass is 79.9. The van der Waals surface area contributed by atoms with Gasteiger partial charge in [-0.05, 0) is 27.6 Å². The van der Waals surface area contributed by atoms with Gasteiger partial charge >= 0.3 is 0 Å². The molecule has 1 saturated heterocycles. The summed E-state index contributed by atoms with van der Waals surface area (Å²) in [5, 5.41) is 13.1. The molecule has 10 heteroatoms. The smallest absolute Gasteiger partial charge is 0.270 e. The van der Waals surface area contributed by atoms with Crippen LogP contribution in [0.25, 0.3) is 10.2 Å². The SMILES string of the molecule is CC(=O)N1CCN(C(=O)c2cc3scc(Br)c3n2Cc2cccc([N+](=O)[O-])c2)CC1. The van der Waals surface area contributed by atoms with Crippen LogP contribution >= 0.6 is 27.3 Å². The van der Waals surface area contributed by atoms with Crippen molar-refractivity contribution in [1.82, 2.24) is 14.4 Å². The summed E-state index contributed by atoms with van der Waals surface area (Å²) in [4.78, 5) is 39.1. The van der Waals surface area contributed by atoms with Gasteiger partial charge in [0, 0.05) is 57.2 Å². The number of nitro benzene ring substituents is 1. The molecule has 1 fully saturated rings. The number of carbonyl (C=O) groups is 2. The number of thiophene rings is 1. The Hall–Kier alpha value is -2.72. The molecule has 0 unspecified atom stereocenters. The highest BCUT2D eigenvalue weighted by Gasteiger charge is 2.27. The molecular formula is C20H19BrN4O4S. The molecule has 30 heavy (non-hydrogen) atoms. The van der Waals surface area contributed by atoms with Crippen molar-refractivity contribution in [2.75, 3.05) is 26.2 Å². The summed E-state index contributed by atoms with van der Waals surface area (Å²) in [6.45, 7) is 3.88. The monoisotopic (exact) mass is 490 g/mol. The molecule has 0 aliphatic carbocycles. The summed E-state index contributed by atoms with van der Waals surface area (Å²) in [5.41, 5.74) is 2.21. The first-order valence-corrected chi connectivity index (χ1v) is 11.1. The fourth-order valence-electron chi connectivity index (χ4n) is 3.71. The molecule has 0 atom stereocenters. The fraction of sp³-hybridized carbons (Fsp3) is 0.300. The maximum absolute atomic E-state index is 13.3. The molecular weight excluding hydrogens is 472 g/mol. The van der Waals surface area contributed by atoms with Gasteiger partial charge in [-0.1, -0.05) is 12.1 Å². The minimum absolute atomic E-state index is 0.0144. The topological polar surface area (TPSA) is 88.7 Å². The second-order valence-corrected chi connectivity index (χ2v) is 8.90. The van der Waals surface area contributed by atoms with Crippen LogP contribution in [0.15, 0.2) is 40.2 Å². The highest BCUT2D eigenvalue weighted by Crippen LogP contribution is 2.34. The fourth-order valence-corrected chi connectivity index (χ4v) is 5.40. The average molecular weight is 491 g/mol. The number of hydrogen-bond donors (Lipinski definition) is 0. The highest BCUT2D eigenvalue weighted by molar-refractivity contribution is 9.10. The van der Waals surface area contributed by atoms with Crippen molar-refractivity contribution in [2.45, 2.75) is 13.5 Å². The lowest BCUT2D eigenvalue weighted by Gasteiger charge is -2.34. The largest absolute Gasteiger partial charge is 0.339 e. The Morgan fingerprint density at radius 1 is 1.17 bits per heavy atom. The zero-order valence-corrected chi connectivity index (χ0v) is 18.6. The van der Waals surface area contributed by atoms with Crippen LogP contribution in [0.2, 0.25) is 0 Å². The lowest BCUT2D eigenvalue weighted by molar-refractivity contribution is -0.384. The van der Waals surface area contributed by atoms with Gasteiger partial charge in [-0.2, -0.15) is 0 Å². The summed E-state index contributed by atoms with van der Waals surface area (Å²) in [7, 11) is 0. The van der Waals surface area contributed by atoms with E-state index in [1.165, 1.54) is 30.4 Å². The van der Waals surface area contributed by atoms with Crippen molar-refractivity contribution in [3.8, 4) is 0 Å². The number of piperazine rings is 1. The van der Waals surface area contributed by atoms with Crippen molar-refractivity contribution >= 4 is 55.0 Å². The minimum Gasteiger partial charge on any atom is -0.339 e. The van der Waals surface area contributed by atoms with Crippen LogP contribution in [0.5, 0.6) is 0 Å². The van der Waals surface area contributed by atoms with Gasteiger partial charge in [0.25, 0.3) is 11.6 Å². The van der Waals surface area contributed by atoms with Gasteiger partial charge in [-0.25, -0.2) is 0 Å². The van der Waals surface area contributed by atoms with E-state index >= 15 is 0 Å². The minimum atomic E-state index is -0.421. The summed E-state index contributed by atoms with van der Waals surface area (Å²) in [6, 6.07) is 8.34. The molecule has 0 radical (unpaired) electrons. The Kier molecular flexibility index (Phi) is 5.61. The maximum atomic E-state index is 13.3. The third-order valence-electron chi connectivity index (χ3n) is 5.27. The zero-order valence-electron chi connectivity index (χ0n) is 16.2. The molecule has 0 spiro atoms. The molecule has 2 amide bonds. The second-order valence-electron chi connectivity index (χ2n) is 7.14. The Balaban J connectivity index is 1.67. The number of aromatic nitrogens is 1. The standard InChI is InChI=1S/C20H19BrN4O4S/c1-13(26)22-5-7-23(8-6-22)20(27)17-10-18-19(16(21)12-30-18)24(17)11-14-3-2-4-15(9-14)25(28)29/h2-4,9-10,12H,5-8,11H2,1H3. The number of hydrogen-bond acceptors (Lipinski definition) is 5. The van der Waals surface area contributed by atoms with Crippen LogP contribution < -0.4 is 0 Å². The van der Waals surface area contributed by atoms with Gasteiger partial charge < -0.3 is 14.4 Å². The number of nitro groups is 1. The van der Waals surface area contributed by atoms with E-state index < -0.39 is 4.92 Å². The van der Waals surface area contributed by atoms with Crippen molar-refractivity contribution in [3.05, 3.63) is 61.6 Å². The number of rotatable bonds is 4. The van der Waals surface area contributed by atoms with Crippen molar-refractivity contribution in [3.63, 3.8) is 0 Å². The van der Waals surface area contributed by atoms with Crippen molar-refractivity contribution in [1.29, 1.82) is 0 Å². The van der Waals surface area contributed by atoms with Crippen LogP contribution in [0.3, 0.4) is 0 Å².